The Balaban J connectivity index is 1.86. The zero-order valence-corrected chi connectivity index (χ0v) is 15.6. The monoisotopic (exact) mass is 409 g/mol. The van der Waals surface area contributed by atoms with Crippen LogP contribution in [-0.2, 0) is 25.7 Å². The number of nitrogens with one attached hydrogen (secondary N) is 2. The fourth-order valence-corrected chi connectivity index (χ4v) is 3.58. The molecule has 11 heteroatoms. The first kappa shape index (κ1) is 21.6. The number of hydrogen-bond acceptors (Lipinski definition) is 5. The lowest BCUT2D eigenvalue weighted by Gasteiger charge is -2.32. The maximum Gasteiger partial charge on any atom is 0.416 e. The molecule has 1 aliphatic heterocycles. The van der Waals surface area contributed by atoms with Crippen molar-refractivity contribution in [2.24, 2.45) is 0 Å². The largest absolute Gasteiger partial charge is 0.416 e. The molecule has 0 radical (unpaired) electrons. The average molecular weight is 409 g/mol. The lowest BCUT2D eigenvalue weighted by atomic mass is 10.2. The summed E-state index contributed by atoms with van der Waals surface area (Å²) in [7, 11) is -4.23. The Labute approximate surface area is 155 Å². The number of halogens is 3. The zero-order chi connectivity index (χ0) is 20.1. The van der Waals surface area contributed by atoms with Crippen LogP contribution in [0.1, 0.15) is 12.5 Å². The number of nitrogens with zero attached hydrogens (tertiary/aromatic N) is 1. The number of carbonyl (C=O) groups excluding carboxylic acids is 1. The number of benzene rings is 1. The van der Waals surface area contributed by atoms with E-state index in [1.165, 1.54) is 0 Å². The molecule has 1 amide bonds. The SMILES string of the molecule is CC(CNC(=O)CNS(=O)(=O)c1cccc(C(F)(F)F)c1)N1CCOCC1. The number of rotatable bonds is 7. The minimum Gasteiger partial charge on any atom is -0.379 e. The number of sulfonamides is 1. The first-order chi connectivity index (χ1) is 12.6. The number of amides is 1. The first-order valence-electron chi connectivity index (χ1n) is 8.35. The minimum absolute atomic E-state index is 0.0536. The highest BCUT2D eigenvalue weighted by atomic mass is 32.2. The maximum atomic E-state index is 12.7. The molecular weight excluding hydrogens is 387 g/mol. The zero-order valence-electron chi connectivity index (χ0n) is 14.8. The summed E-state index contributed by atoms with van der Waals surface area (Å²) in [4.78, 5) is 13.5. The quantitative estimate of drug-likeness (QED) is 0.696. The van der Waals surface area contributed by atoms with E-state index in [0.29, 0.717) is 25.8 Å². The van der Waals surface area contributed by atoms with Crippen molar-refractivity contribution in [2.75, 3.05) is 39.4 Å². The third-order valence-corrected chi connectivity index (χ3v) is 5.56. The molecule has 1 atom stereocenters. The Morgan fingerprint density at radius 2 is 1.96 bits per heavy atom. The molecule has 0 saturated carbocycles. The number of ether oxygens (including phenoxy) is 1. The standard InChI is InChI=1S/C16H22F3N3O4S/c1-12(22-5-7-26-8-6-22)10-20-15(23)11-21-27(24,25)14-4-2-3-13(9-14)16(17,18)19/h2-4,9,12,21H,5-8,10-11H2,1H3,(H,20,23). The highest BCUT2D eigenvalue weighted by molar-refractivity contribution is 7.89. The number of hydrogen-bond donors (Lipinski definition) is 2. The van der Waals surface area contributed by atoms with Gasteiger partial charge in [0.2, 0.25) is 15.9 Å². The van der Waals surface area contributed by atoms with Crippen LogP contribution in [-0.4, -0.2) is 64.7 Å². The van der Waals surface area contributed by atoms with Gasteiger partial charge in [0, 0.05) is 25.7 Å². The molecule has 1 aromatic carbocycles. The van der Waals surface area contributed by atoms with Gasteiger partial charge in [-0.05, 0) is 25.1 Å². The molecule has 1 aliphatic rings. The van der Waals surface area contributed by atoms with Crippen molar-refractivity contribution in [1.29, 1.82) is 0 Å². The molecule has 152 valence electrons. The van der Waals surface area contributed by atoms with E-state index in [0.717, 1.165) is 31.3 Å². The van der Waals surface area contributed by atoms with E-state index < -0.39 is 39.1 Å². The van der Waals surface area contributed by atoms with Gasteiger partial charge in [-0.1, -0.05) is 6.07 Å². The van der Waals surface area contributed by atoms with Gasteiger partial charge in [0.05, 0.1) is 30.2 Å². The molecule has 1 unspecified atom stereocenters. The molecule has 0 spiro atoms. The fourth-order valence-electron chi connectivity index (χ4n) is 2.55. The summed E-state index contributed by atoms with van der Waals surface area (Å²) in [6.45, 7) is 4.43. The van der Waals surface area contributed by atoms with Crippen LogP contribution in [0.3, 0.4) is 0 Å². The third kappa shape index (κ3) is 6.45. The minimum atomic E-state index is -4.65. The van der Waals surface area contributed by atoms with Crippen molar-refractivity contribution in [2.45, 2.75) is 24.0 Å². The van der Waals surface area contributed by atoms with E-state index in [1.807, 2.05) is 11.6 Å². The van der Waals surface area contributed by atoms with E-state index in [1.54, 1.807) is 0 Å². The summed E-state index contributed by atoms with van der Waals surface area (Å²) in [5.74, 6) is -0.564. The van der Waals surface area contributed by atoms with E-state index in [9.17, 15) is 26.4 Å². The fraction of sp³-hybridized carbons (Fsp3) is 0.562. The van der Waals surface area contributed by atoms with E-state index in [4.69, 9.17) is 4.74 Å². The Morgan fingerprint density at radius 3 is 2.59 bits per heavy atom. The first-order valence-corrected chi connectivity index (χ1v) is 9.83. The third-order valence-electron chi connectivity index (χ3n) is 4.16. The smallest absolute Gasteiger partial charge is 0.379 e. The van der Waals surface area contributed by atoms with Gasteiger partial charge in [-0.2, -0.15) is 13.2 Å². The Kier molecular flexibility index (Phi) is 7.20. The molecule has 2 rings (SSSR count). The second kappa shape index (κ2) is 9.00. The van der Waals surface area contributed by atoms with Gasteiger partial charge in [0.15, 0.2) is 0 Å². The molecule has 0 bridgehead atoms. The van der Waals surface area contributed by atoms with Crippen LogP contribution < -0.4 is 10.0 Å². The van der Waals surface area contributed by atoms with Crippen molar-refractivity contribution in [3.63, 3.8) is 0 Å². The molecule has 1 saturated heterocycles. The van der Waals surface area contributed by atoms with Gasteiger partial charge in [0.25, 0.3) is 0 Å². The molecule has 27 heavy (non-hydrogen) atoms. The summed E-state index contributed by atoms with van der Waals surface area (Å²) >= 11 is 0. The Hall–Kier alpha value is -1.69. The van der Waals surface area contributed by atoms with Crippen LogP contribution >= 0.6 is 0 Å². The molecule has 0 aromatic heterocycles. The van der Waals surface area contributed by atoms with Crippen LogP contribution in [0, 0.1) is 0 Å². The molecule has 1 aromatic rings. The predicted octanol–water partition coefficient (Wildman–Crippen LogP) is 0.821. The second-order valence-corrected chi connectivity index (χ2v) is 7.92. The molecule has 7 nitrogen and oxygen atoms in total. The number of alkyl halides is 3. The van der Waals surface area contributed by atoms with Crippen LogP contribution in [0.25, 0.3) is 0 Å². The topological polar surface area (TPSA) is 87.7 Å². The molecule has 0 aliphatic carbocycles. The van der Waals surface area contributed by atoms with Gasteiger partial charge >= 0.3 is 6.18 Å². The maximum absolute atomic E-state index is 12.7. The summed E-state index contributed by atoms with van der Waals surface area (Å²) in [5.41, 5.74) is -1.07. The van der Waals surface area contributed by atoms with E-state index >= 15 is 0 Å². The van der Waals surface area contributed by atoms with Gasteiger partial charge in [-0.3, -0.25) is 9.69 Å². The summed E-state index contributed by atoms with van der Waals surface area (Å²) in [6.07, 6.45) is -4.65. The highest BCUT2D eigenvalue weighted by Crippen LogP contribution is 2.30. The van der Waals surface area contributed by atoms with Crippen LogP contribution in [0.2, 0.25) is 0 Å². The molecule has 1 heterocycles. The van der Waals surface area contributed by atoms with Gasteiger partial charge < -0.3 is 10.1 Å². The van der Waals surface area contributed by atoms with Crippen molar-refractivity contribution >= 4 is 15.9 Å². The van der Waals surface area contributed by atoms with E-state index in [-0.39, 0.29) is 6.04 Å². The highest BCUT2D eigenvalue weighted by Gasteiger charge is 2.31. The molecule has 2 N–H and O–H groups in total. The Bertz CT molecular complexity index is 750. The van der Waals surface area contributed by atoms with Gasteiger partial charge in [-0.15, -0.1) is 0 Å². The normalized spacial score (nSPS) is 17.5. The Morgan fingerprint density at radius 1 is 1.30 bits per heavy atom. The number of carbonyl (C=O) groups is 1. The average Bonchev–Trinajstić information content (AvgIpc) is 2.64. The molecular formula is C16H22F3N3O4S. The van der Waals surface area contributed by atoms with Crippen LogP contribution in [0.5, 0.6) is 0 Å². The second-order valence-electron chi connectivity index (χ2n) is 6.15. The lowest BCUT2D eigenvalue weighted by molar-refractivity contribution is -0.137. The van der Waals surface area contributed by atoms with Gasteiger partial charge in [-0.25, -0.2) is 13.1 Å². The summed E-state index contributed by atoms with van der Waals surface area (Å²) in [6, 6.07) is 3.40. The van der Waals surface area contributed by atoms with Crippen molar-refractivity contribution < 1.29 is 31.1 Å². The summed E-state index contributed by atoms with van der Waals surface area (Å²) in [5, 5.41) is 2.61. The van der Waals surface area contributed by atoms with Gasteiger partial charge in [0.1, 0.15) is 0 Å². The van der Waals surface area contributed by atoms with Crippen molar-refractivity contribution in [1.82, 2.24) is 14.9 Å². The summed E-state index contributed by atoms with van der Waals surface area (Å²) < 4.78 is 69.6. The van der Waals surface area contributed by atoms with Crippen molar-refractivity contribution in [3.05, 3.63) is 29.8 Å². The lowest BCUT2D eigenvalue weighted by Crippen LogP contribution is -2.48. The predicted molar refractivity (Wildman–Crippen MR) is 91.5 cm³/mol. The van der Waals surface area contributed by atoms with Crippen molar-refractivity contribution in [3.8, 4) is 0 Å². The van der Waals surface area contributed by atoms with Crippen LogP contribution in [0.4, 0.5) is 13.2 Å². The molecule has 1 fully saturated rings. The van der Waals surface area contributed by atoms with Crippen LogP contribution in [0.15, 0.2) is 29.2 Å². The van der Waals surface area contributed by atoms with E-state index in [2.05, 4.69) is 10.2 Å². The number of morpholine rings is 1.